The van der Waals surface area contributed by atoms with Crippen molar-refractivity contribution in [2.45, 2.75) is 25.1 Å². The van der Waals surface area contributed by atoms with Crippen LogP contribution in [0.3, 0.4) is 0 Å². The number of carbonyl (C=O) groups excluding carboxylic acids is 2. The highest BCUT2D eigenvalue weighted by Crippen LogP contribution is 2.19. The second kappa shape index (κ2) is 6.45. The molecule has 1 atom stereocenters. The molecule has 1 aromatic carbocycles. The van der Waals surface area contributed by atoms with E-state index in [4.69, 9.17) is 0 Å². The standard InChI is InChI=1S/C14H18N2O5S/c1-10(2)22(19,20)15-12(11-6-4-3-5-7-11)8-16-13(17)9-21-14(16)18/h3-7,10,12,15H,8-9H2,1-2H3. The molecule has 0 spiro atoms. The smallest absolute Gasteiger partial charge is 0.417 e. The average molecular weight is 326 g/mol. The number of benzene rings is 1. The third-order valence-electron chi connectivity index (χ3n) is 3.33. The van der Waals surface area contributed by atoms with Gasteiger partial charge in [0.2, 0.25) is 10.0 Å². The minimum Gasteiger partial charge on any atom is -0.439 e. The molecule has 0 radical (unpaired) electrons. The van der Waals surface area contributed by atoms with Crippen molar-refractivity contribution in [1.29, 1.82) is 0 Å². The predicted octanol–water partition coefficient (Wildman–Crippen LogP) is 1.03. The van der Waals surface area contributed by atoms with Crippen molar-refractivity contribution < 1.29 is 22.7 Å². The number of amides is 2. The lowest BCUT2D eigenvalue weighted by Crippen LogP contribution is -2.42. The second-order valence-corrected chi connectivity index (χ2v) is 7.50. The minimum atomic E-state index is -3.56. The maximum Gasteiger partial charge on any atom is 0.417 e. The number of imide groups is 1. The lowest BCUT2D eigenvalue weighted by atomic mass is 10.1. The zero-order chi connectivity index (χ0) is 16.3. The molecule has 0 aliphatic carbocycles. The molecule has 1 aliphatic heterocycles. The van der Waals surface area contributed by atoms with E-state index in [0.29, 0.717) is 5.56 Å². The van der Waals surface area contributed by atoms with Gasteiger partial charge in [-0.25, -0.2) is 22.8 Å². The van der Waals surface area contributed by atoms with Gasteiger partial charge in [0.25, 0.3) is 5.91 Å². The van der Waals surface area contributed by atoms with Gasteiger partial charge in [-0.15, -0.1) is 0 Å². The fourth-order valence-electron chi connectivity index (χ4n) is 1.97. The van der Waals surface area contributed by atoms with Crippen LogP contribution in [-0.2, 0) is 19.6 Å². The number of ether oxygens (including phenoxy) is 1. The first-order valence-electron chi connectivity index (χ1n) is 6.84. The summed E-state index contributed by atoms with van der Waals surface area (Å²) < 4.78 is 31.4. The van der Waals surface area contributed by atoms with Crippen LogP contribution in [0.5, 0.6) is 0 Å². The van der Waals surface area contributed by atoms with Crippen molar-refractivity contribution in [3.05, 3.63) is 35.9 Å². The summed E-state index contributed by atoms with van der Waals surface area (Å²) in [4.78, 5) is 24.1. The molecule has 2 rings (SSSR count). The van der Waals surface area contributed by atoms with Gasteiger partial charge >= 0.3 is 6.09 Å². The lowest BCUT2D eigenvalue weighted by Gasteiger charge is -2.23. The van der Waals surface area contributed by atoms with Gasteiger partial charge in [-0.05, 0) is 19.4 Å². The molecule has 1 saturated heterocycles. The van der Waals surface area contributed by atoms with E-state index in [1.54, 1.807) is 44.2 Å². The number of nitrogens with one attached hydrogen (secondary N) is 1. The summed E-state index contributed by atoms with van der Waals surface area (Å²) in [6.07, 6.45) is -0.755. The molecule has 0 bridgehead atoms. The van der Waals surface area contributed by atoms with Gasteiger partial charge in [0.15, 0.2) is 6.61 Å². The van der Waals surface area contributed by atoms with Crippen LogP contribution in [-0.4, -0.2) is 43.7 Å². The van der Waals surface area contributed by atoms with Gasteiger partial charge in [-0.3, -0.25) is 4.79 Å². The topological polar surface area (TPSA) is 92.8 Å². The maximum absolute atomic E-state index is 12.1. The summed E-state index contributed by atoms with van der Waals surface area (Å²) in [5.41, 5.74) is 0.666. The van der Waals surface area contributed by atoms with Crippen LogP contribution in [0, 0.1) is 0 Å². The summed E-state index contributed by atoms with van der Waals surface area (Å²) in [5.74, 6) is -0.477. The summed E-state index contributed by atoms with van der Waals surface area (Å²) in [5, 5.41) is -0.625. The average Bonchev–Trinajstić information content (AvgIpc) is 2.79. The summed E-state index contributed by atoms with van der Waals surface area (Å²) >= 11 is 0. The van der Waals surface area contributed by atoms with Crippen molar-refractivity contribution in [3.8, 4) is 0 Å². The fraction of sp³-hybridized carbons (Fsp3) is 0.429. The largest absolute Gasteiger partial charge is 0.439 e. The molecule has 0 saturated carbocycles. The molecule has 7 nitrogen and oxygen atoms in total. The highest BCUT2D eigenvalue weighted by atomic mass is 32.2. The molecule has 1 unspecified atom stereocenters. The van der Waals surface area contributed by atoms with Crippen LogP contribution in [0.15, 0.2) is 30.3 Å². The molecular weight excluding hydrogens is 308 g/mol. The molecule has 1 fully saturated rings. The van der Waals surface area contributed by atoms with E-state index in [1.165, 1.54) is 0 Å². The Morgan fingerprint density at radius 3 is 2.36 bits per heavy atom. The monoisotopic (exact) mass is 326 g/mol. The minimum absolute atomic E-state index is 0.104. The highest BCUT2D eigenvalue weighted by Gasteiger charge is 2.34. The van der Waals surface area contributed by atoms with Crippen LogP contribution in [0.4, 0.5) is 4.79 Å². The van der Waals surface area contributed by atoms with E-state index >= 15 is 0 Å². The molecule has 1 aromatic rings. The number of hydrogen-bond acceptors (Lipinski definition) is 5. The quantitative estimate of drug-likeness (QED) is 0.843. The van der Waals surface area contributed by atoms with Gasteiger partial charge in [-0.2, -0.15) is 0 Å². The number of rotatable bonds is 6. The Hall–Kier alpha value is -1.93. The number of sulfonamides is 1. The number of nitrogens with zero attached hydrogens (tertiary/aromatic N) is 1. The predicted molar refractivity (Wildman–Crippen MR) is 79.4 cm³/mol. The second-order valence-electron chi connectivity index (χ2n) is 5.23. The van der Waals surface area contributed by atoms with E-state index in [-0.39, 0.29) is 13.2 Å². The third kappa shape index (κ3) is 3.63. The van der Waals surface area contributed by atoms with Crippen LogP contribution >= 0.6 is 0 Å². The van der Waals surface area contributed by atoms with Crippen molar-refractivity contribution in [2.75, 3.05) is 13.2 Å². The Kier molecular flexibility index (Phi) is 4.82. The normalized spacial score (nSPS) is 17.0. The Morgan fingerprint density at radius 1 is 1.23 bits per heavy atom. The fourth-order valence-corrected chi connectivity index (χ4v) is 2.85. The van der Waals surface area contributed by atoms with Gasteiger partial charge < -0.3 is 4.74 Å². The molecular formula is C14H18N2O5S. The molecule has 2 amide bonds. The molecule has 1 heterocycles. The Labute approximate surface area is 129 Å². The van der Waals surface area contributed by atoms with E-state index in [2.05, 4.69) is 9.46 Å². The summed E-state index contributed by atoms with van der Waals surface area (Å²) in [6.45, 7) is 2.70. The van der Waals surface area contributed by atoms with Crippen molar-refractivity contribution >= 4 is 22.0 Å². The van der Waals surface area contributed by atoms with Crippen LogP contribution in [0.25, 0.3) is 0 Å². The molecule has 0 aromatic heterocycles. The van der Waals surface area contributed by atoms with Gasteiger partial charge in [0.05, 0.1) is 17.8 Å². The highest BCUT2D eigenvalue weighted by molar-refractivity contribution is 7.90. The van der Waals surface area contributed by atoms with Gasteiger partial charge in [0, 0.05) is 0 Å². The zero-order valence-electron chi connectivity index (χ0n) is 12.4. The SMILES string of the molecule is CC(C)S(=O)(=O)NC(CN1C(=O)COC1=O)c1ccccc1. The summed E-state index contributed by atoms with van der Waals surface area (Å²) in [6, 6.07) is 8.07. The first-order valence-corrected chi connectivity index (χ1v) is 8.39. The molecule has 120 valence electrons. The molecule has 1 aliphatic rings. The van der Waals surface area contributed by atoms with E-state index in [9.17, 15) is 18.0 Å². The maximum atomic E-state index is 12.1. The summed E-state index contributed by atoms with van der Waals surface area (Å²) in [7, 11) is -3.56. The molecule has 1 N–H and O–H groups in total. The number of carbonyl (C=O) groups is 2. The van der Waals surface area contributed by atoms with Crippen molar-refractivity contribution in [1.82, 2.24) is 9.62 Å². The van der Waals surface area contributed by atoms with Gasteiger partial charge in [-0.1, -0.05) is 30.3 Å². The Balaban J connectivity index is 2.26. The number of hydrogen-bond donors (Lipinski definition) is 1. The first-order chi connectivity index (χ1) is 10.3. The number of cyclic esters (lactones) is 1. The van der Waals surface area contributed by atoms with Crippen LogP contribution < -0.4 is 4.72 Å². The first kappa shape index (κ1) is 16.4. The van der Waals surface area contributed by atoms with E-state index < -0.39 is 33.3 Å². The lowest BCUT2D eigenvalue weighted by molar-refractivity contribution is -0.126. The van der Waals surface area contributed by atoms with E-state index in [1.807, 2.05) is 0 Å². The molecule has 8 heteroatoms. The van der Waals surface area contributed by atoms with Crippen molar-refractivity contribution in [2.24, 2.45) is 0 Å². The molecule has 22 heavy (non-hydrogen) atoms. The van der Waals surface area contributed by atoms with Crippen LogP contribution in [0.2, 0.25) is 0 Å². The van der Waals surface area contributed by atoms with Crippen LogP contribution in [0.1, 0.15) is 25.5 Å². The third-order valence-corrected chi connectivity index (χ3v) is 5.19. The van der Waals surface area contributed by atoms with E-state index in [0.717, 1.165) is 4.90 Å². The Bertz CT molecular complexity index is 641. The van der Waals surface area contributed by atoms with Gasteiger partial charge in [0.1, 0.15) is 0 Å². The Morgan fingerprint density at radius 2 is 1.86 bits per heavy atom. The zero-order valence-corrected chi connectivity index (χ0v) is 13.2. The van der Waals surface area contributed by atoms with Crippen molar-refractivity contribution in [3.63, 3.8) is 0 Å².